The fourth-order valence-corrected chi connectivity index (χ4v) is 4.93. The number of nitrogens with zero attached hydrogens (tertiary/aromatic N) is 2. The van der Waals surface area contributed by atoms with Gasteiger partial charge in [0, 0.05) is 48.8 Å². The van der Waals surface area contributed by atoms with Crippen LogP contribution in [-0.4, -0.2) is 58.6 Å². The standard InChI is InChI=1S/C22H28N4O/c1-3-25(4-2)22(27)24-15-11-18-17-6-5-7-19-21(17)14(12-23-19)10-20(18)26(13-15)16-8-9-16/h5-7,11-12,15-16,20,23H,3-4,8-10,13H2,1-2H3,(H,24,27)/t15-,20+/m0/s1. The second kappa shape index (κ2) is 6.41. The maximum Gasteiger partial charge on any atom is 0.317 e. The summed E-state index contributed by atoms with van der Waals surface area (Å²) in [7, 11) is 0. The molecule has 2 heterocycles. The molecule has 142 valence electrons. The van der Waals surface area contributed by atoms with Gasteiger partial charge in [-0.25, -0.2) is 4.79 Å². The van der Waals surface area contributed by atoms with Crippen LogP contribution in [0.15, 0.2) is 30.5 Å². The number of aromatic amines is 1. The summed E-state index contributed by atoms with van der Waals surface area (Å²) in [4.78, 5) is 20.6. The zero-order valence-electron chi connectivity index (χ0n) is 16.2. The quantitative estimate of drug-likeness (QED) is 0.874. The van der Waals surface area contributed by atoms with E-state index in [1.807, 2.05) is 18.7 Å². The Morgan fingerprint density at radius 3 is 2.85 bits per heavy atom. The SMILES string of the molecule is CCN(CC)C(=O)N[C@H]1C=C2c3cccc4[nH]cc(c34)C[C@H]2N(C2CC2)C1. The second-order valence-corrected chi connectivity index (χ2v) is 8.04. The molecule has 5 nitrogen and oxygen atoms in total. The molecule has 1 saturated carbocycles. The van der Waals surface area contributed by atoms with Gasteiger partial charge in [0.15, 0.2) is 0 Å². The van der Waals surface area contributed by atoms with Gasteiger partial charge in [-0.2, -0.15) is 0 Å². The van der Waals surface area contributed by atoms with Crippen LogP contribution >= 0.6 is 0 Å². The van der Waals surface area contributed by atoms with Crippen molar-refractivity contribution < 1.29 is 4.79 Å². The first-order valence-electron chi connectivity index (χ1n) is 10.3. The third kappa shape index (κ3) is 2.76. The number of fused-ring (bicyclic) bond motifs is 2. The lowest BCUT2D eigenvalue weighted by Crippen LogP contribution is -2.54. The molecular formula is C22H28N4O. The van der Waals surface area contributed by atoms with Crippen molar-refractivity contribution in [3.8, 4) is 0 Å². The first-order chi connectivity index (χ1) is 13.2. The minimum Gasteiger partial charge on any atom is -0.361 e. The Labute approximate surface area is 160 Å². The number of H-pyrrole nitrogens is 1. The minimum absolute atomic E-state index is 0.0485. The highest BCUT2D eigenvalue weighted by atomic mass is 16.2. The molecule has 0 saturated heterocycles. The molecule has 2 amide bonds. The Bertz CT molecular complexity index is 906. The molecule has 5 heteroatoms. The van der Waals surface area contributed by atoms with Gasteiger partial charge in [0.2, 0.25) is 0 Å². The molecule has 2 aliphatic carbocycles. The maximum atomic E-state index is 12.6. The zero-order chi connectivity index (χ0) is 18.5. The molecule has 5 rings (SSSR count). The molecule has 27 heavy (non-hydrogen) atoms. The summed E-state index contributed by atoms with van der Waals surface area (Å²) in [5, 5.41) is 4.64. The summed E-state index contributed by atoms with van der Waals surface area (Å²) in [6, 6.07) is 7.77. The summed E-state index contributed by atoms with van der Waals surface area (Å²) in [5.74, 6) is 0. The van der Waals surface area contributed by atoms with E-state index in [-0.39, 0.29) is 12.1 Å². The first-order valence-corrected chi connectivity index (χ1v) is 10.3. The predicted molar refractivity (Wildman–Crippen MR) is 109 cm³/mol. The van der Waals surface area contributed by atoms with Gasteiger partial charge in [-0.15, -0.1) is 0 Å². The highest BCUT2D eigenvalue weighted by Crippen LogP contribution is 2.43. The number of nitrogens with one attached hydrogen (secondary N) is 2. The molecule has 1 aromatic heterocycles. The normalized spacial score (nSPS) is 24.4. The number of benzene rings is 1. The molecule has 3 aliphatic rings. The van der Waals surface area contributed by atoms with Crippen LogP contribution < -0.4 is 5.32 Å². The van der Waals surface area contributed by atoms with Crippen molar-refractivity contribution in [1.29, 1.82) is 0 Å². The average Bonchev–Trinajstić information content (AvgIpc) is 3.44. The van der Waals surface area contributed by atoms with E-state index in [4.69, 9.17) is 0 Å². The number of amides is 2. The molecule has 0 spiro atoms. The third-order valence-electron chi connectivity index (χ3n) is 6.43. The zero-order valence-corrected chi connectivity index (χ0v) is 16.2. The van der Waals surface area contributed by atoms with E-state index >= 15 is 0 Å². The highest BCUT2D eigenvalue weighted by Gasteiger charge is 2.42. The molecule has 2 atom stereocenters. The van der Waals surface area contributed by atoms with E-state index in [0.717, 1.165) is 26.1 Å². The van der Waals surface area contributed by atoms with Gasteiger partial charge in [-0.05, 0) is 55.9 Å². The summed E-state index contributed by atoms with van der Waals surface area (Å²) in [6.45, 7) is 6.47. The van der Waals surface area contributed by atoms with Gasteiger partial charge < -0.3 is 15.2 Å². The predicted octanol–water partition coefficient (Wildman–Crippen LogP) is 3.37. The van der Waals surface area contributed by atoms with E-state index in [1.54, 1.807) is 0 Å². The van der Waals surface area contributed by atoms with Gasteiger partial charge in [-0.1, -0.05) is 18.2 Å². The Hall–Kier alpha value is -2.27. The van der Waals surface area contributed by atoms with Crippen molar-refractivity contribution in [3.05, 3.63) is 41.6 Å². The number of aromatic nitrogens is 1. The van der Waals surface area contributed by atoms with Gasteiger partial charge in [0.05, 0.1) is 6.04 Å². The van der Waals surface area contributed by atoms with Crippen LogP contribution in [-0.2, 0) is 6.42 Å². The van der Waals surface area contributed by atoms with Gasteiger partial charge in [0.25, 0.3) is 0 Å². The fourth-order valence-electron chi connectivity index (χ4n) is 4.93. The molecule has 1 aliphatic heterocycles. The molecule has 1 fully saturated rings. The summed E-state index contributed by atoms with van der Waals surface area (Å²) in [6.07, 6.45) is 8.14. The molecule has 0 bridgehead atoms. The summed E-state index contributed by atoms with van der Waals surface area (Å²) in [5.41, 5.74) is 5.39. The van der Waals surface area contributed by atoms with Crippen molar-refractivity contribution >= 4 is 22.5 Å². The van der Waals surface area contributed by atoms with E-state index in [1.165, 1.54) is 40.4 Å². The van der Waals surface area contributed by atoms with Crippen molar-refractivity contribution in [1.82, 2.24) is 20.1 Å². The lowest BCUT2D eigenvalue weighted by molar-refractivity contribution is 0.179. The molecule has 2 aromatic rings. The van der Waals surface area contributed by atoms with Crippen molar-refractivity contribution in [2.45, 2.75) is 51.2 Å². The number of hydrogen-bond acceptors (Lipinski definition) is 2. The van der Waals surface area contributed by atoms with Gasteiger partial charge in [0.1, 0.15) is 0 Å². The van der Waals surface area contributed by atoms with Crippen LogP contribution in [0, 0.1) is 0 Å². The Morgan fingerprint density at radius 1 is 1.30 bits per heavy atom. The molecular weight excluding hydrogens is 336 g/mol. The number of hydrogen-bond donors (Lipinski definition) is 2. The molecule has 1 aromatic carbocycles. The monoisotopic (exact) mass is 364 g/mol. The molecule has 2 N–H and O–H groups in total. The van der Waals surface area contributed by atoms with Crippen LogP contribution in [0.4, 0.5) is 4.79 Å². The lowest BCUT2D eigenvalue weighted by Gasteiger charge is -2.42. The number of carbonyl (C=O) groups excluding carboxylic acids is 1. The van der Waals surface area contributed by atoms with Crippen molar-refractivity contribution in [3.63, 3.8) is 0 Å². The Morgan fingerprint density at radius 2 is 2.11 bits per heavy atom. The Kier molecular flexibility index (Phi) is 4.01. The van der Waals surface area contributed by atoms with Crippen LogP contribution in [0.5, 0.6) is 0 Å². The first kappa shape index (κ1) is 16.9. The molecule has 0 unspecified atom stereocenters. The smallest absolute Gasteiger partial charge is 0.317 e. The van der Waals surface area contributed by atoms with E-state index < -0.39 is 0 Å². The average molecular weight is 364 g/mol. The number of carbonyl (C=O) groups is 1. The van der Waals surface area contributed by atoms with Gasteiger partial charge in [-0.3, -0.25) is 4.90 Å². The summed E-state index contributed by atoms with van der Waals surface area (Å²) < 4.78 is 0. The van der Waals surface area contributed by atoms with E-state index in [9.17, 15) is 4.79 Å². The van der Waals surface area contributed by atoms with Crippen molar-refractivity contribution in [2.75, 3.05) is 19.6 Å². The Balaban J connectivity index is 1.53. The summed E-state index contributed by atoms with van der Waals surface area (Å²) >= 11 is 0. The second-order valence-electron chi connectivity index (χ2n) is 8.04. The third-order valence-corrected chi connectivity index (χ3v) is 6.43. The minimum atomic E-state index is 0.0485. The maximum absolute atomic E-state index is 12.6. The number of urea groups is 1. The number of rotatable bonds is 4. The van der Waals surface area contributed by atoms with Crippen LogP contribution in [0.3, 0.4) is 0 Å². The van der Waals surface area contributed by atoms with Crippen LogP contribution in [0.1, 0.15) is 37.8 Å². The fraction of sp³-hybridized carbons (Fsp3) is 0.500. The molecule has 0 radical (unpaired) electrons. The lowest BCUT2D eigenvalue weighted by atomic mass is 9.81. The van der Waals surface area contributed by atoms with Crippen LogP contribution in [0.25, 0.3) is 16.5 Å². The largest absolute Gasteiger partial charge is 0.361 e. The van der Waals surface area contributed by atoms with Crippen LogP contribution in [0.2, 0.25) is 0 Å². The van der Waals surface area contributed by atoms with Crippen molar-refractivity contribution in [2.24, 2.45) is 0 Å². The topological polar surface area (TPSA) is 51.4 Å². The van der Waals surface area contributed by atoms with E-state index in [0.29, 0.717) is 12.1 Å². The highest BCUT2D eigenvalue weighted by molar-refractivity contribution is 5.98. The van der Waals surface area contributed by atoms with Gasteiger partial charge >= 0.3 is 6.03 Å². The van der Waals surface area contributed by atoms with E-state index in [2.05, 4.69) is 45.7 Å².